The summed E-state index contributed by atoms with van der Waals surface area (Å²) in [4.78, 5) is 23.1. The lowest BCUT2D eigenvalue weighted by molar-refractivity contribution is 0.0697. The first-order valence-corrected chi connectivity index (χ1v) is 13.8. The molecule has 5 aromatic rings. The highest BCUT2D eigenvalue weighted by atomic mass is 19.1. The number of halogens is 2. The van der Waals surface area contributed by atoms with E-state index in [1.54, 1.807) is 42.5 Å². The van der Waals surface area contributed by atoms with Crippen LogP contribution in [-0.2, 0) is 19.6 Å². The topological polar surface area (TPSA) is 104 Å². The number of imidazole rings is 1. The average Bonchev–Trinajstić information content (AvgIpc) is 3.35. The van der Waals surface area contributed by atoms with Gasteiger partial charge in [-0.1, -0.05) is 24.3 Å². The molecule has 0 spiro atoms. The fraction of sp³-hybridized carbons (Fsp3) is 0.212. The largest absolute Gasteiger partial charge is 0.478 e. The number of hydrogen-bond acceptors (Lipinski definition) is 6. The maximum atomic E-state index is 15.5. The minimum atomic E-state index is -1.01. The van der Waals surface area contributed by atoms with Crippen molar-refractivity contribution in [1.82, 2.24) is 19.4 Å². The molecule has 3 heterocycles. The van der Waals surface area contributed by atoms with Gasteiger partial charge in [-0.2, -0.15) is 5.26 Å². The number of rotatable bonds is 9. The lowest BCUT2D eigenvalue weighted by Crippen LogP contribution is -2.47. The lowest BCUT2D eigenvalue weighted by atomic mass is 10.0. The summed E-state index contributed by atoms with van der Waals surface area (Å²) in [7, 11) is 2.05. The SMILES string of the molecule is CN1CCC1Cn1c(Cc2ccc(-c3cccc(OCc4ccc(C#N)cc4F)n3)cc2F)nc2ccc(C(=O)O)cc21. The molecule has 43 heavy (non-hydrogen) atoms. The molecular formula is C33H27F2N5O3. The summed E-state index contributed by atoms with van der Waals surface area (Å²) in [6.07, 6.45) is 1.25. The molecule has 1 saturated heterocycles. The summed E-state index contributed by atoms with van der Waals surface area (Å²) >= 11 is 0. The van der Waals surface area contributed by atoms with Crippen LogP contribution in [0.4, 0.5) is 8.78 Å². The standard InChI is InChI=1S/C33H27F2N5O3/c1-39-12-11-25(39)18-40-30-15-23(33(41)42)9-10-29(30)37-31(40)16-21-7-8-22(14-27(21)35)28-3-2-4-32(38-28)43-19-24-6-5-20(17-36)13-26(24)34/h2-10,13-15,25H,11-12,16,18-19H2,1H3,(H,41,42). The van der Waals surface area contributed by atoms with E-state index in [-0.39, 0.29) is 35.6 Å². The van der Waals surface area contributed by atoms with Crippen LogP contribution in [0.1, 0.15) is 39.3 Å². The number of likely N-dealkylation sites (tertiary alicyclic amines) is 1. The Bertz CT molecular complexity index is 1900. The van der Waals surface area contributed by atoms with Crippen LogP contribution < -0.4 is 4.74 Å². The molecule has 0 radical (unpaired) electrons. The summed E-state index contributed by atoms with van der Waals surface area (Å²) in [5, 5.41) is 18.4. The van der Waals surface area contributed by atoms with Crippen molar-refractivity contribution < 1.29 is 23.4 Å². The number of pyridine rings is 1. The molecule has 6 rings (SSSR count). The van der Waals surface area contributed by atoms with E-state index >= 15 is 4.39 Å². The molecule has 1 aliphatic rings. The minimum absolute atomic E-state index is 0.0765. The third-order valence-corrected chi connectivity index (χ3v) is 7.88. The summed E-state index contributed by atoms with van der Waals surface area (Å²) in [6.45, 7) is 1.55. The van der Waals surface area contributed by atoms with Gasteiger partial charge in [0.2, 0.25) is 5.88 Å². The molecule has 0 amide bonds. The van der Waals surface area contributed by atoms with E-state index in [0.717, 1.165) is 19.0 Å². The summed E-state index contributed by atoms with van der Waals surface area (Å²) in [6, 6.07) is 21.2. The van der Waals surface area contributed by atoms with Crippen LogP contribution in [0.25, 0.3) is 22.3 Å². The van der Waals surface area contributed by atoms with E-state index in [9.17, 15) is 14.3 Å². The van der Waals surface area contributed by atoms with Crippen LogP contribution in [-0.4, -0.2) is 50.1 Å². The Morgan fingerprint density at radius 2 is 1.86 bits per heavy atom. The number of benzene rings is 3. The minimum Gasteiger partial charge on any atom is -0.478 e. The van der Waals surface area contributed by atoms with Crippen molar-refractivity contribution in [1.29, 1.82) is 5.26 Å². The van der Waals surface area contributed by atoms with Gasteiger partial charge >= 0.3 is 5.97 Å². The Kier molecular flexibility index (Phi) is 7.57. The van der Waals surface area contributed by atoms with Gasteiger partial charge in [-0.25, -0.2) is 23.5 Å². The summed E-state index contributed by atoms with van der Waals surface area (Å²) in [5.74, 6) is -1.06. The van der Waals surface area contributed by atoms with E-state index in [2.05, 4.69) is 9.88 Å². The predicted octanol–water partition coefficient (Wildman–Crippen LogP) is 5.82. The maximum Gasteiger partial charge on any atom is 0.335 e. The molecule has 1 fully saturated rings. The molecule has 10 heteroatoms. The van der Waals surface area contributed by atoms with Crippen molar-refractivity contribution in [2.45, 2.75) is 32.0 Å². The molecule has 1 aliphatic heterocycles. The maximum absolute atomic E-state index is 15.5. The zero-order valence-corrected chi connectivity index (χ0v) is 23.3. The molecular weight excluding hydrogens is 552 g/mol. The highest BCUT2D eigenvalue weighted by Crippen LogP contribution is 2.27. The number of ether oxygens (including phenoxy) is 1. The number of hydrogen-bond donors (Lipinski definition) is 1. The third kappa shape index (κ3) is 5.80. The van der Waals surface area contributed by atoms with Crippen LogP contribution in [0, 0.1) is 23.0 Å². The normalized spacial score (nSPS) is 14.8. The average molecular weight is 580 g/mol. The van der Waals surface area contributed by atoms with Gasteiger partial charge in [0.25, 0.3) is 0 Å². The van der Waals surface area contributed by atoms with E-state index in [1.807, 2.05) is 17.7 Å². The van der Waals surface area contributed by atoms with Crippen molar-refractivity contribution >= 4 is 17.0 Å². The van der Waals surface area contributed by atoms with Crippen molar-refractivity contribution in [3.05, 3.63) is 113 Å². The number of carbonyl (C=O) groups is 1. The molecule has 0 saturated carbocycles. The predicted molar refractivity (Wildman–Crippen MR) is 156 cm³/mol. The zero-order chi connectivity index (χ0) is 30.1. The van der Waals surface area contributed by atoms with E-state index in [4.69, 9.17) is 15.0 Å². The molecule has 1 atom stereocenters. The van der Waals surface area contributed by atoms with Gasteiger partial charge in [-0.05, 0) is 68.0 Å². The lowest BCUT2D eigenvalue weighted by Gasteiger charge is -2.38. The van der Waals surface area contributed by atoms with Crippen LogP contribution in [0.3, 0.4) is 0 Å². The number of carboxylic acids is 1. The zero-order valence-electron chi connectivity index (χ0n) is 23.3. The number of carboxylic acid groups (broad SMARTS) is 1. The first-order valence-electron chi connectivity index (χ1n) is 13.8. The number of aromatic nitrogens is 3. The van der Waals surface area contributed by atoms with Gasteiger partial charge in [0.1, 0.15) is 24.1 Å². The van der Waals surface area contributed by atoms with E-state index < -0.39 is 17.6 Å². The fourth-order valence-electron chi connectivity index (χ4n) is 5.22. The number of aromatic carboxylic acids is 1. The van der Waals surface area contributed by atoms with Crippen LogP contribution in [0.2, 0.25) is 0 Å². The Labute approximate surface area is 246 Å². The number of fused-ring (bicyclic) bond motifs is 1. The Hall–Kier alpha value is -5.14. The molecule has 216 valence electrons. The van der Waals surface area contributed by atoms with Crippen molar-refractivity contribution in [2.24, 2.45) is 0 Å². The second kappa shape index (κ2) is 11.6. The third-order valence-electron chi connectivity index (χ3n) is 7.88. The fourth-order valence-corrected chi connectivity index (χ4v) is 5.22. The van der Waals surface area contributed by atoms with Gasteiger partial charge in [0, 0.05) is 36.2 Å². The van der Waals surface area contributed by atoms with Crippen molar-refractivity contribution in [3.63, 3.8) is 0 Å². The molecule has 1 unspecified atom stereocenters. The van der Waals surface area contributed by atoms with Gasteiger partial charge in [-0.15, -0.1) is 0 Å². The smallest absolute Gasteiger partial charge is 0.335 e. The molecule has 8 nitrogen and oxygen atoms in total. The van der Waals surface area contributed by atoms with Gasteiger partial charge in [-0.3, -0.25) is 0 Å². The van der Waals surface area contributed by atoms with Gasteiger partial charge in [0.05, 0.1) is 33.9 Å². The Morgan fingerprint density at radius 3 is 2.56 bits per heavy atom. The second-order valence-electron chi connectivity index (χ2n) is 10.6. The highest BCUT2D eigenvalue weighted by Gasteiger charge is 2.26. The van der Waals surface area contributed by atoms with E-state index in [1.165, 1.54) is 24.3 Å². The highest BCUT2D eigenvalue weighted by molar-refractivity contribution is 5.92. The van der Waals surface area contributed by atoms with Gasteiger partial charge in [0.15, 0.2) is 0 Å². The summed E-state index contributed by atoms with van der Waals surface area (Å²) < 4.78 is 37.4. The van der Waals surface area contributed by atoms with Gasteiger partial charge < -0.3 is 19.3 Å². The molecule has 1 N–H and O–H groups in total. The van der Waals surface area contributed by atoms with Crippen LogP contribution >= 0.6 is 0 Å². The monoisotopic (exact) mass is 579 g/mol. The second-order valence-corrected chi connectivity index (χ2v) is 10.6. The molecule has 3 aromatic carbocycles. The first kappa shape index (κ1) is 28.0. The van der Waals surface area contributed by atoms with Crippen LogP contribution in [0.15, 0.2) is 72.8 Å². The van der Waals surface area contributed by atoms with Crippen molar-refractivity contribution in [3.8, 4) is 23.2 Å². The number of likely N-dealkylation sites (N-methyl/N-ethyl adjacent to an activating group) is 1. The van der Waals surface area contributed by atoms with E-state index in [0.29, 0.717) is 46.3 Å². The molecule has 0 aliphatic carbocycles. The van der Waals surface area contributed by atoms with Crippen molar-refractivity contribution in [2.75, 3.05) is 13.6 Å². The van der Waals surface area contributed by atoms with Crippen LogP contribution in [0.5, 0.6) is 5.88 Å². The molecule has 0 bridgehead atoms. The Morgan fingerprint density at radius 1 is 1.05 bits per heavy atom. The summed E-state index contributed by atoms with van der Waals surface area (Å²) in [5.41, 5.74) is 3.56. The Balaban J connectivity index is 1.23. The first-order chi connectivity index (χ1) is 20.8. The quantitative estimate of drug-likeness (QED) is 0.235. The number of nitriles is 1. The number of nitrogens with zero attached hydrogens (tertiary/aromatic N) is 5. The molecule has 2 aromatic heterocycles.